The van der Waals surface area contributed by atoms with E-state index in [0.29, 0.717) is 17.9 Å². The van der Waals surface area contributed by atoms with Gasteiger partial charge in [0.1, 0.15) is 17.3 Å². The summed E-state index contributed by atoms with van der Waals surface area (Å²) >= 11 is 5.78. The molecule has 2 heterocycles. The summed E-state index contributed by atoms with van der Waals surface area (Å²) in [5, 5.41) is 4.27. The van der Waals surface area contributed by atoms with E-state index >= 15 is 0 Å². The minimum atomic E-state index is -0.668. The molecule has 4 rings (SSSR count). The molecule has 1 aliphatic heterocycles. The molecule has 1 aromatic carbocycles. The molecule has 0 unspecified atom stereocenters. The molecule has 0 radical (unpaired) electrons. The largest absolute Gasteiger partial charge is 0.443 e. The maximum absolute atomic E-state index is 14.0. The lowest BCUT2D eigenvalue weighted by molar-refractivity contribution is -0.135. The summed E-state index contributed by atoms with van der Waals surface area (Å²) in [5.41, 5.74) is 0.876. The fourth-order valence-electron chi connectivity index (χ4n) is 3.06. The van der Waals surface area contributed by atoms with Gasteiger partial charge in [0.05, 0.1) is 6.54 Å². The molecule has 0 N–H and O–H groups in total. The highest BCUT2D eigenvalue weighted by Crippen LogP contribution is 2.32. The van der Waals surface area contributed by atoms with Gasteiger partial charge in [0.15, 0.2) is 17.1 Å². The Labute approximate surface area is 159 Å². The molecular weight excluding hydrogens is 378 g/mol. The average Bonchev–Trinajstić information content (AvgIpc) is 3.23. The second-order valence-corrected chi connectivity index (χ2v) is 7.17. The van der Waals surface area contributed by atoms with Gasteiger partial charge in [-0.05, 0) is 42.6 Å². The Balaban J connectivity index is 1.45. The quantitative estimate of drug-likeness (QED) is 0.739. The zero-order valence-electron chi connectivity index (χ0n) is 14.3. The maximum Gasteiger partial charge on any atom is 0.226 e. The summed E-state index contributed by atoms with van der Waals surface area (Å²) in [7, 11) is 0. The monoisotopic (exact) mass is 394 g/mol. The normalized spacial score (nSPS) is 18.9. The molecule has 2 aliphatic rings. The van der Waals surface area contributed by atoms with Crippen LogP contribution in [0.15, 0.2) is 39.9 Å². The lowest BCUT2D eigenvalue weighted by atomic mass is 10.1. The van der Waals surface area contributed by atoms with Crippen LogP contribution in [-0.4, -0.2) is 29.2 Å². The summed E-state index contributed by atoms with van der Waals surface area (Å²) in [4.78, 5) is 19.6. The van der Waals surface area contributed by atoms with E-state index in [1.54, 1.807) is 17.0 Å². The minimum absolute atomic E-state index is 0.0285. The SMILES string of the molecule is O=C(C1CC1)N(Cc1ccc(F)cc1F)C[C@H]1CC(c2ccc(Cl)o2)=NO1. The van der Waals surface area contributed by atoms with Crippen molar-refractivity contribution >= 4 is 23.2 Å². The maximum atomic E-state index is 14.0. The van der Waals surface area contributed by atoms with Gasteiger partial charge in [0, 0.05) is 30.5 Å². The molecular formula is C19H17ClF2N2O3. The number of carbonyl (C=O) groups is 1. The number of furan rings is 1. The van der Waals surface area contributed by atoms with Crippen LogP contribution in [0.5, 0.6) is 0 Å². The molecule has 0 bridgehead atoms. The van der Waals surface area contributed by atoms with Crippen LogP contribution < -0.4 is 0 Å². The lowest BCUT2D eigenvalue weighted by Crippen LogP contribution is -2.38. The summed E-state index contributed by atoms with van der Waals surface area (Å²) < 4.78 is 32.5. The number of nitrogens with zero attached hydrogens (tertiary/aromatic N) is 2. The number of hydrogen-bond acceptors (Lipinski definition) is 4. The van der Waals surface area contributed by atoms with Gasteiger partial charge in [-0.2, -0.15) is 0 Å². The Bertz CT molecular complexity index is 895. The van der Waals surface area contributed by atoms with E-state index in [4.69, 9.17) is 20.9 Å². The topological polar surface area (TPSA) is 55.0 Å². The fourth-order valence-corrected chi connectivity index (χ4v) is 3.21. The minimum Gasteiger partial charge on any atom is -0.443 e. The van der Waals surface area contributed by atoms with Crippen molar-refractivity contribution in [2.45, 2.75) is 31.9 Å². The standard InChI is InChI=1S/C19H17ClF2N2O3/c20-18-6-5-17(26-18)16-8-14(27-23-16)10-24(19(25)11-1-2-11)9-12-3-4-13(21)7-15(12)22/h3-7,11,14H,1-2,8-10H2/t14-/m1/s1. The zero-order chi connectivity index (χ0) is 19.0. The van der Waals surface area contributed by atoms with Gasteiger partial charge in [-0.15, -0.1) is 0 Å². The Kier molecular flexibility index (Phi) is 4.86. The number of benzene rings is 1. The molecule has 1 amide bonds. The van der Waals surface area contributed by atoms with Crippen LogP contribution in [0.1, 0.15) is 30.6 Å². The molecule has 5 nitrogen and oxygen atoms in total. The van der Waals surface area contributed by atoms with Crippen molar-refractivity contribution in [3.05, 3.63) is 58.5 Å². The second kappa shape index (κ2) is 7.31. The van der Waals surface area contributed by atoms with E-state index < -0.39 is 11.6 Å². The van der Waals surface area contributed by atoms with Crippen molar-refractivity contribution in [1.82, 2.24) is 4.90 Å². The van der Waals surface area contributed by atoms with Gasteiger partial charge >= 0.3 is 0 Å². The van der Waals surface area contributed by atoms with Crippen molar-refractivity contribution in [3.8, 4) is 0 Å². The molecule has 0 saturated heterocycles. The van der Waals surface area contributed by atoms with E-state index in [-0.39, 0.29) is 41.8 Å². The number of hydrogen-bond donors (Lipinski definition) is 0. The number of oxime groups is 1. The number of halogens is 3. The van der Waals surface area contributed by atoms with Crippen LogP contribution in [0.4, 0.5) is 8.78 Å². The molecule has 1 atom stereocenters. The highest BCUT2D eigenvalue weighted by atomic mass is 35.5. The van der Waals surface area contributed by atoms with Crippen molar-refractivity contribution in [1.29, 1.82) is 0 Å². The van der Waals surface area contributed by atoms with Crippen molar-refractivity contribution < 1.29 is 22.8 Å². The van der Waals surface area contributed by atoms with Crippen LogP contribution in [0.2, 0.25) is 5.22 Å². The molecule has 0 spiro atoms. The summed E-state index contributed by atoms with van der Waals surface area (Å²) in [5.74, 6) is -0.869. The zero-order valence-corrected chi connectivity index (χ0v) is 15.1. The summed E-state index contributed by atoms with van der Waals surface area (Å²) in [6, 6.07) is 6.69. The van der Waals surface area contributed by atoms with Crippen LogP contribution in [-0.2, 0) is 16.2 Å². The first-order valence-corrected chi connectivity index (χ1v) is 9.08. The van der Waals surface area contributed by atoms with Crippen molar-refractivity contribution in [3.63, 3.8) is 0 Å². The first-order valence-electron chi connectivity index (χ1n) is 8.70. The smallest absolute Gasteiger partial charge is 0.226 e. The van der Waals surface area contributed by atoms with Crippen LogP contribution >= 0.6 is 11.6 Å². The third-order valence-corrected chi connectivity index (χ3v) is 4.83. The van der Waals surface area contributed by atoms with Gasteiger partial charge in [0.2, 0.25) is 5.91 Å². The van der Waals surface area contributed by atoms with E-state index in [2.05, 4.69) is 5.16 Å². The predicted molar refractivity (Wildman–Crippen MR) is 94.2 cm³/mol. The van der Waals surface area contributed by atoms with Gasteiger partial charge in [-0.25, -0.2) is 8.78 Å². The first kappa shape index (κ1) is 18.0. The Hall–Kier alpha value is -2.41. The second-order valence-electron chi connectivity index (χ2n) is 6.80. The molecule has 2 aromatic rings. The van der Waals surface area contributed by atoms with Gasteiger partial charge in [0.25, 0.3) is 0 Å². The van der Waals surface area contributed by atoms with Crippen molar-refractivity contribution in [2.75, 3.05) is 6.54 Å². The summed E-state index contributed by atoms with van der Waals surface area (Å²) in [6.45, 7) is 0.316. The highest BCUT2D eigenvalue weighted by Gasteiger charge is 2.36. The Morgan fingerprint density at radius 2 is 2.07 bits per heavy atom. The third kappa shape index (κ3) is 4.13. The Morgan fingerprint density at radius 3 is 2.74 bits per heavy atom. The molecule has 27 heavy (non-hydrogen) atoms. The van der Waals surface area contributed by atoms with Crippen molar-refractivity contribution in [2.24, 2.45) is 11.1 Å². The number of rotatable bonds is 6. The van der Waals surface area contributed by atoms with Gasteiger partial charge in [-0.3, -0.25) is 4.79 Å². The predicted octanol–water partition coefficient (Wildman–Crippen LogP) is 4.14. The molecule has 1 fully saturated rings. The number of carbonyl (C=O) groups excluding carboxylic acids is 1. The highest BCUT2D eigenvalue weighted by molar-refractivity contribution is 6.29. The van der Waals surface area contributed by atoms with E-state index in [0.717, 1.165) is 18.9 Å². The van der Waals surface area contributed by atoms with Gasteiger partial charge in [-0.1, -0.05) is 11.2 Å². The summed E-state index contributed by atoms with van der Waals surface area (Å²) in [6.07, 6.45) is 1.75. The lowest BCUT2D eigenvalue weighted by Gasteiger charge is -2.25. The first-order chi connectivity index (χ1) is 13.0. The fraction of sp³-hybridized carbons (Fsp3) is 0.368. The molecule has 8 heteroatoms. The van der Waals surface area contributed by atoms with E-state index in [1.807, 2.05) is 0 Å². The van der Waals surface area contributed by atoms with E-state index in [1.165, 1.54) is 12.1 Å². The molecule has 142 valence electrons. The van der Waals surface area contributed by atoms with Gasteiger partial charge < -0.3 is 14.2 Å². The van der Waals surface area contributed by atoms with Crippen LogP contribution in [0.25, 0.3) is 0 Å². The third-order valence-electron chi connectivity index (χ3n) is 4.63. The van der Waals surface area contributed by atoms with Crippen LogP contribution in [0.3, 0.4) is 0 Å². The number of amides is 1. The molecule has 1 saturated carbocycles. The van der Waals surface area contributed by atoms with Crippen LogP contribution in [0, 0.1) is 17.6 Å². The molecule has 1 aromatic heterocycles. The van der Waals surface area contributed by atoms with E-state index in [9.17, 15) is 13.6 Å². The molecule has 1 aliphatic carbocycles. The Morgan fingerprint density at radius 1 is 1.26 bits per heavy atom. The average molecular weight is 395 g/mol.